The van der Waals surface area contributed by atoms with Crippen LogP contribution in [0.25, 0.3) is 5.65 Å². The fourth-order valence-electron chi connectivity index (χ4n) is 1.31. The van der Waals surface area contributed by atoms with Crippen LogP contribution in [0.4, 0.5) is 0 Å². The molecule has 0 spiro atoms. The summed E-state index contributed by atoms with van der Waals surface area (Å²) in [7, 11) is 2.07. The summed E-state index contributed by atoms with van der Waals surface area (Å²) >= 11 is 0. The van der Waals surface area contributed by atoms with Gasteiger partial charge >= 0.3 is 0 Å². The monoisotopic (exact) mass is 147 g/mol. The van der Waals surface area contributed by atoms with Gasteiger partial charge in [-0.05, 0) is 6.07 Å². The number of nitrogens with zero attached hydrogens (tertiary/aromatic N) is 2. The van der Waals surface area contributed by atoms with Gasteiger partial charge in [-0.1, -0.05) is 6.07 Å². The number of aromatic nitrogens is 2. The van der Waals surface area contributed by atoms with Crippen molar-refractivity contribution in [3.05, 3.63) is 36.3 Å². The van der Waals surface area contributed by atoms with Crippen LogP contribution in [0.3, 0.4) is 0 Å². The lowest BCUT2D eigenvalue weighted by atomic mass is 10.5. The van der Waals surface area contributed by atoms with E-state index in [1.54, 1.807) is 0 Å². The van der Waals surface area contributed by atoms with Crippen molar-refractivity contribution in [1.29, 1.82) is 0 Å². The Hall–Kier alpha value is -1.31. The normalized spacial score (nSPS) is 10.7. The van der Waals surface area contributed by atoms with Crippen molar-refractivity contribution in [1.82, 2.24) is 4.40 Å². The van der Waals surface area contributed by atoms with Crippen molar-refractivity contribution in [3.63, 3.8) is 0 Å². The van der Waals surface area contributed by atoms with Gasteiger partial charge in [-0.15, -0.1) is 0 Å². The van der Waals surface area contributed by atoms with Gasteiger partial charge in [0.05, 0.1) is 13.2 Å². The Morgan fingerprint density at radius 2 is 2.18 bits per heavy atom. The first kappa shape index (κ1) is 6.40. The second kappa shape index (κ2) is 2.09. The first-order chi connectivity index (χ1) is 5.29. The van der Waals surface area contributed by atoms with Gasteiger partial charge in [-0.25, -0.2) is 8.97 Å². The average molecular weight is 147 g/mol. The van der Waals surface area contributed by atoms with Gasteiger partial charge in [0.15, 0.2) is 0 Å². The molecule has 0 aliphatic rings. The Morgan fingerprint density at radius 1 is 1.36 bits per heavy atom. The van der Waals surface area contributed by atoms with Crippen molar-refractivity contribution in [3.8, 4) is 0 Å². The van der Waals surface area contributed by atoms with Crippen molar-refractivity contribution in [2.45, 2.75) is 6.92 Å². The Kier molecular flexibility index (Phi) is 1.22. The van der Waals surface area contributed by atoms with Crippen LogP contribution in [0.2, 0.25) is 0 Å². The summed E-state index contributed by atoms with van der Waals surface area (Å²) in [5.41, 5.74) is 2.50. The third-order valence-corrected chi connectivity index (χ3v) is 2.07. The highest BCUT2D eigenvalue weighted by molar-refractivity contribution is 5.31. The Labute approximate surface area is 65.7 Å². The first-order valence-corrected chi connectivity index (χ1v) is 3.71. The Balaban J connectivity index is 2.92. The minimum absolute atomic E-state index is 1.23. The van der Waals surface area contributed by atoms with E-state index in [2.05, 4.69) is 47.5 Å². The zero-order valence-corrected chi connectivity index (χ0v) is 6.78. The van der Waals surface area contributed by atoms with Gasteiger partial charge in [-0.2, -0.15) is 0 Å². The van der Waals surface area contributed by atoms with Gasteiger partial charge in [0.2, 0.25) is 0 Å². The smallest absolute Gasteiger partial charge is 0.230 e. The first-order valence-electron chi connectivity index (χ1n) is 3.71. The second-order valence-corrected chi connectivity index (χ2v) is 2.80. The molecule has 0 atom stereocenters. The molecule has 0 saturated heterocycles. The van der Waals surface area contributed by atoms with Crippen LogP contribution < -0.4 is 4.57 Å². The quantitative estimate of drug-likeness (QED) is 0.493. The van der Waals surface area contributed by atoms with Crippen molar-refractivity contribution in [2.75, 3.05) is 0 Å². The molecule has 0 radical (unpaired) electrons. The van der Waals surface area contributed by atoms with Crippen LogP contribution in [0.5, 0.6) is 0 Å². The second-order valence-electron chi connectivity index (χ2n) is 2.80. The molecule has 0 unspecified atom stereocenters. The minimum Gasteiger partial charge on any atom is -0.230 e. The predicted molar refractivity (Wildman–Crippen MR) is 43.3 cm³/mol. The molecule has 2 aromatic rings. The van der Waals surface area contributed by atoms with Gasteiger partial charge < -0.3 is 0 Å². The topological polar surface area (TPSA) is 8.29 Å². The summed E-state index contributed by atoms with van der Waals surface area (Å²) in [5.74, 6) is 0. The van der Waals surface area contributed by atoms with Crippen LogP contribution >= 0.6 is 0 Å². The van der Waals surface area contributed by atoms with E-state index in [1.807, 2.05) is 6.07 Å². The maximum absolute atomic E-state index is 2.17. The molecule has 11 heavy (non-hydrogen) atoms. The summed E-state index contributed by atoms with van der Waals surface area (Å²) in [6.45, 7) is 2.10. The van der Waals surface area contributed by atoms with E-state index in [-0.39, 0.29) is 0 Å². The number of imidazole rings is 1. The molecule has 2 nitrogen and oxygen atoms in total. The molecule has 0 N–H and O–H groups in total. The third-order valence-electron chi connectivity index (χ3n) is 2.07. The number of aryl methyl sites for hydroxylation is 2. The molecule has 2 rings (SSSR count). The Bertz CT molecular complexity index is 387. The number of pyridine rings is 1. The lowest BCUT2D eigenvalue weighted by molar-refractivity contribution is -0.650. The van der Waals surface area contributed by atoms with Crippen LogP contribution in [-0.4, -0.2) is 4.40 Å². The molecule has 2 heteroatoms. The maximum Gasteiger partial charge on any atom is 0.286 e. The number of hydrogen-bond acceptors (Lipinski definition) is 0. The zero-order chi connectivity index (χ0) is 7.84. The highest BCUT2D eigenvalue weighted by atomic mass is 15.1. The predicted octanol–water partition coefficient (Wildman–Crippen LogP) is 1.07. The van der Waals surface area contributed by atoms with Gasteiger partial charge in [0, 0.05) is 13.0 Å². The van der Waals surface area contributed by atoms with E-state index < -0.39 is 0 Å². The molecule has 0 aromatic carbocycles. The molecular formula is C9H11N2+. The summed E-state index contributed by atoms with van der Waals surface area (Å²) in [6, 6.07) is 6.19. The molecule has 0 aliphatic carbocycles. The van der Waals surface area contributed by atoms with E-state index in [4.69, 9.17) is 0 Å². The van der Waals surface area contributed by atoms with Crippen molar-refractivity contribution >= 4 is 5.65 Å². The van der Waals surface area contributed by atoms with E-state index in [9.17, 15) is 0 Å². The molecule has 0 bridgehead atoms. The lowest BCUT2D eigenvalue weighted by Crippen LogP contribution is -2.29. The van der Waals surface area contributed by atoms with Crippen molar-refractivity contribution in [2.24, 2.45) is 7.05 Å². The lowest BCUT2D eigenvalue weighted by Gasteiger charge is -1.86. The molecule has 2 heterocycles. The van der Waals surface area contributed by atoms with Gasteiger partial charge in [0.1, 0.15) is 11.9 Å². The Morgan fingerprint density at radius 3 is 2.91 bits per heavy atom. The highest BCUT2D eigenvalue weighted by Crippen LogP contribution is 1.99. The third kappa shape index (κ3) is 0.827. The fraction of sp³-hybridized carbons (Fsp3) is 0.222. The molecule has 2 aromatic heterocycles. The average Bonchev–Trinajstić information content (AvgIpc) is 2.30. The number of hydrogen-bond donors (Lipinski definition) is 0. The van der Waals surface area contributed by atoms with Crippen LogP contribution in [0.15, 0.2) is 30.6 Å². The van der Waals surface area contributed by atoms with Gasteiger partial charge in [0.25, 0.3) is 5.65 Å². The van der Waals surface area contributed by atoms with Crippen LogP contribution in [0, 0.1) is 6.92 Å². The zero-order valence-electron chi connectivity index (χ0n) is 6.78. The molecule has 0 aliphatic heterocycles. The maximum atomic E-state index is 2.17. The SMILES string of the molecule is Cc1cn2ccccc2[n+]1C. The van der Waals surface area contributed by atoms with E-state index in [0.717, 1.165) is 0 Å². The summed E-state index contributed by atoms with van der Waals surface area (Å²) in [5, 5.41) is 0. The van der Waals surface area contributed by atoms with Crippen molar-refractivity contribution < 1.29 is 4.57 Å². The standard InChI is InChI=1S/C9H11N2/c1-8-7-11-6-4-3-5-9(11)10(8)2/h3-7H,1-2H3/q+1. The molecule has 0 amide bonds. The van der Waals surface area contributed by atoms with Gasteiger partial charge in [-0.3, -0.25) is 0 Å². The minimum atomic E-state index is 1.23. The highest BCUT2D eigenvalue weighted by Gasteiger charge is 2.07. The largest absolute Gasteiger partial charge is 0.286 e. The van der Waals surface area contributed by atoms with Crippen LogP contribution in [0.1, 0.15) is 5.69 Å². The van der Waals surface area contributed by atoms with E-state index in [1.165, 1.54) is 11.3 Å². The van der Waals surface area contributed by atoms with Crippen LogP contribution in [-0.2, 0) is 7.05 Å². The van der Waals surface area contributed by atoms with E-state index in [0.29, 0.717) is 0 Å². The molecular weight excluding hydrogens is 136 g/mol. The summed E-state index contributed by atoms with van der Waals surface area (Å²) in [6.07, 6.45) is 4.18. The molecule has 56 valence electrons. The number of rotatable bonds is 0. The summed E-state index contributed by atoms with van der Waals surface area (Å²) in [4.78, 5) is 0. The fourth-order valence-corrected chi connectivity index (χ4v) is 1.31. The molecule has 0 saturated carbocycles. The molecule has 0 fully saturated rings. The summed E-state index contributed by atoms with van der Waals surface area (Å²) < 4.78 is 4.29. The number of fused-ring (bicyclic) bond motifs is 1. The van der Waals surface area contributed by atoms with E-state index >= 15 is 0 Å².